The van der Waals surface area contributed by atoms with Crippen LogP contribution in [0.4, 0.5) is 0 Å². The van der Waals surface area contributed by atoms with E-state index in [-0.39, 0.29) is 19.1 Å². The van der Waals surface area contributed by atoms with Crippen LogP contribution in [0.2, 0.25) is 0 Å². The van der Waals surface area contributed by atoms with Gasteiger partial charge in [0.25, 0.3) is 0 Å². The van der Waals surface area contributed by atoms with Gasteiger partial charge in [-0.15, -0.1) is 0 Å². The number of carbonyl (C=O) groups is 1. The van der Waals surface area contributed by atoms with E-state index < -0.39 is 5.60 Å². The van der Waals surface area contributed by atoms with Gasteiger partial charge in [-0.1, -0.05) is 6.58 Å². The molecule has 0 aromatic heterocycles. The molecule has 0 spiro atoms. The van der Waals surface area contributed by atoms with Crippen molar-refractivity contribution in [1.29, 1.82) is 0 Å². The molecule has 4 heteroatoms. The molecule has 0 aromatic rings. The van der Waals surface area contributed by atoms with E-state index in [1.807, 2.05) is 0 Å². The van der Waals surface area contributed by atoms with Crippen molar-refractivity contribution < 1.29 is 15.0 Å². The number of aliphatic hydroxyl groups is 2. The molecule has 0 rings (SSSR count). The molecule has 0 saturated carbocycles. The van der Waals surface area contributed by atoms with Crippen LogP contribution >= 0.6 is 0 Å². The highest BCUT2D eigenvalue weighted by Gasteiger charge is 2.18. The zero-order chi connectivity index (χ0) is 8.91. The van der Waals surface area contributed by atoms with Crippen LogP contribution in [0.3, 0.4) is 0 Å². The Morgan fingerprint density at radius 1 is 1.82 bits per heavy atom. The summed E-state index contributed by atoms with van der Waals surface area (Å²) in [5.41, 5.74) is -1.25. The Balaban J connectivity index is 3.69. The monoisotopic (exact) mass is 159 g/mol. The first-order chi connectivity index (χ1) is 5.02. The molecule has 0 saturated heterocycles. The Labute approximate surface area is 65.5 Å². The number of hydrogen-bond donors (Lipinski definition) is 3. The van der Waals surface area contributed by atoms with Crippen LogP contribution in [0.1, 0.15) is 6.92 Å². The van der Waals surface area contributed by atoms with Crippen LogP contribution in [0, 0.1) is 0 Å². The summed E-state index contributed by atoms with van der Waals surface area (Å²) in [7, 11) is 0. The molecule has 0 radical (unpaired) electrons. The van der Waals surface area contributed by atoms with Gasteiger partial charge in [0.1, 0.15) is 5.60 Å². The molecule has 64 valence electrons. The largest absolute Gasteiger partial charge is 0.393 e. The second-order valence-electron chi connectivity index (χ2n) is 2.58. The van der Waals surface area contributed by atoms with E-state index in [0.29, 0.717) is 0 Å². The van der Waals surface area contributed by atoms with Crippen molar-refractivity contribution in [2.24, 2.45) is 0 Å². The Bertz CT molecular complexity index is 154. The maximum absolute atomic E-state index is 10.6. The SMILES string of the molecule is C=CC(=O)NCC(C)(O)CO. The fraction of sp³-hybridized carbons (Fsp3) is 0.571. The summed E-state index contributed by atoms with van der Waals surface area (Å²) in [6, 6.07) is 0. The molecule has 1 amide bonds. The van der Waals surface area contributed by atoms with Crippen LogP contribution in [0.25, 0.3) is 0 Å². The van der Waals surface area contributed by atoms with Gasteiger partial charge in [-0.25, -0.2) is 0 Å². The van der Waals surface area contributed by atoms with Crippen molar-refractivity contribution in [3.8, 4) is 0 Å². The molecular weight excluding hydrogens is 146 g/mol. The third-order valence-corrected chi connectivity index (χ3v) is 1.17. The first-order valence-electron chi connectivity index (χ1n) is 3.25. The first kappa shape index (κ1) is 10.1. The van der Waals surface area contributed by atoms with Gasteiger partial charge in [-0.3, -0.25) is 4.79 Å². The van der Waals surface area contributed by atoms with Crippen LogP contribution in [-0.2, 0) is 4.79 Å². The van der Waals surface area contributed by atoms with Crippen molar-refractivity contribution >= 4 is 5.91 Å². The molecule has 3 N–H and O–H groups in total. The van der Waals surface area contributed by atoms with Crippen molar-refractivity contribution in [3.63, 3.8) is 0 Å². The summed E-state index contributed by atoms with van der Waals surface area (Å²) < 4.78 is 0. The fourth-order valence-corrected chi connectivity index (χ4v) is 0.406. The van der Waals surface area contributed by atoms with Crippen LogP contribution < -0.4 is 5.32 Å². The number of carbonyl (C=O) groups excluding carboxylic acids is 1. The summed E-state index contributed by atoms with van der Waals surface area (Å²) in [4.78, 5) is 10.6. The van der Waals surface area contributed by atoms with E-state index in [1.54, 1.807) is 0 Å². The number of aliphatic hydroxyl groups excluding tert-OH is 1. The molecule has 0 aliphatic carbocycles. The average molecular weight is 159 g/mol. The zero-order valence-electron chi connectivity index (χ0n) is 6.50. The lowest BCUT2D eigenvalue weighted by Gasteiger charge is -2.19. The van der Waals surface area contributed by atoms with Crippen molar-refractivity contribution in [3.05, 3.63) is 12.7 Å². The first-order valence-corrected chi connectivity index (χ1v) is 3.25. The van der Waals surface area contributed by atoms with Gasteiger partial charge in [-0.05, 0) is 13.0 Å². The second kappa shape index (κ2) is 4.10. The molecule has 11 heavy (non-hydrogen) atoms. The van der Waals surface area contributed by atoms with Gasteiger partial charge >= 0.3 is 0 Å². The molecule has 0 aromatic carbocycles. The van der Waals surface area contributed by atoms with Gasteiger partial charge in [0.15, 0.2) is 0 Å². The number of nitrogens with one attached hydrogen (secondary N) is 1. The lowest BCUT2D eigenvalue weighted by Crippen LogP contribution is -2.42. The minimum atomic E-state index is -1.25. The fourth-order valence-electron chi connectivity index (χ4n) is 0.406. The Hall–Kier alpha value is -0.870. The second-order valence-corrected chi connectivity index (χ2v) is 2.58. The smallest absolute Gasteiger partial charge is 0.243 e. The predicted octanol–water partition coefficient (Wildman–Crippen LogP) is -0.968. The van der Waals surface area contributed by atoms with Gasteiger partial charge in [0.05, 0.1) is 6.61 Å². The van der Waals surface area contributed by atoms with Gasteiger partial charge in [0.2, 0.25) is 5.91 Å². The van der Waals surface area contributed by atoms with E-state index >= 15 is 0 Å². The summed E-state index contributed by atoms with van der Waals surface area (Å²) in [6.07, 6.45) is 1.10. The lowest BCUT2D eigenvalue weighted by molar-refractivity contribution is -0.117. The third kappa shape index (κ3) is 4.52. The maximum Gasteiger partial charge on any atom is 0.243 e. The minimum Gasteiger partial charge on any atom is -0.393 e. The summed E-state index contributed by atoms with van der Waals surface area (Å²) >= 11 is 0. The molecule has 0 aliphatic rings. The van der Waals surface area contributed by atoms with Gasteiger partial charge < -0.3 is 15.5 Å². The normalized spacial score (nSPS) is 15.2. The van der Waals surface area contributed by atoms with Gasteiger partial charge in [-0.2, -0.15) is 0 Å². The Kier molecular flexibility index (Phi) is 3.78. The standard InChI is InChI=1S/C7H13NO3/c1-3-6(10)8-4-7(2,11)5-9/h3,9,11H,1,4-5H2,2H3,(H,8,10). The summed E-state index contributed by atoms with van der Waals surface area (Å²) in [5.74, 6) is -0.362. The highest BCUT2D eigenvalue weighted by molar-refractivity contribution is 5.86. The topological polar surface area (TPSA) is 69.6 Å². The van der Waals surface area contributed by atoms with Crippen LogP contribution in [0.5, 0.6) is 0 Å². The maximum atomic E-state index is 10.6. The Morgan fingerprint density at radius 2 is 2.36 bits per heavy atom. The minimum absolute atomic E-state index is 0.0222. The average Bonchev–Trinajstić information content (AvgIpc) is 2.00. The van der Waals surface area contributed by atoms with Gasteiger partial charge in [0, 0.05) is 6.54 Å². The summed E-state index contributed by atoms with van der Waals surface area (Å²) in [6.45, 7) is 4.30. The van der Waals surface area contributed by atoms with Crippen LogP contribution in [-0.4, -0.2) is 34.9 Å². The Morgan fingerprint density at radius 3 is 2.73 bits per heavy atom. The van der Waals surface area contributed by atoms with E-state index in [9.17, 15) is 4.79 Å². The molecule has 0 bridgehead atoms. The van der Waals surface area contributed by atoms with Crippen molar-refractivity contribution in [1.82, 2.24) is 5.32 Å². The lowest BCUT2D eigenvalue weighted by atomic mass is 10.1. The molecule has 0 aliphatic heterocycles. The number of amides is 1. The van der Waals surface area contributed by atoms with E-state index in [0.717, 1.165) is 6.08 Å². The molecule has 0 fully saturated rings. The molecule has 4 nitrogen and oxygen atoms in total. The molecule has 0 heterocycles. The molecular formula is C7H13NO3. The third-order valence-electron chi connectivity index (χ3n) is 1.17. The van der Waals surface area contributed by atoms with Crippen LogP contribution in [0.15, 0.2) is 12.7 Å². The van der Waals surface area contributed by atoms with Crippen molar-refractivity contribution in [2.45, 2.75) is 12.5 Å². The zero-order valence-corrected chi connectivity index (χ0v) is 6.50. The number of hydrogen-bond acceptors (Lipinski definition) is 3. The van der Waals surface area contributed by atoms with E-state index in [4.69, 9.17) is 10.2 Å². The molecule has 1 atom stereocenters. The quantitative estimate of drug-likeness (QED) is 0.462. The van der Waals surface area contributed by atoms with E-state index in [1.165, 1.54) is 6.92 Å². The highest BCUT2D eigenvalue weighted by Crippen LogP contribution is 1.97. The van der Waals surface area contributed by atoms with Crippen molar-refractivity contribution in [2.75, 3.05) is 13.2 Å². The predicted molar refractivity (Wildman–Crippen MR) is 40.9 cm³/mol. The van der Waals surface area contributed by atoms with E-state index in [2.05, 4.69) is 11.9 Å². The number of rotatable bonds is 4. The molecule has 1 unspecified atom stereocenters. The highest BCUT2D eigenvalue weighted by atomic mass is 16.3. The summed E-state index contributed by atoms with van der Waals surface area (Å²) in [5, 5.41) is 20.1.